The molecule has 0 spiro atoms. The molecule has 1 aromatic heterocycles. The van der Waals surface area contributed by atoms with Crippen molar-refractivity contribution in [2.45, 2.75) is 32.7 Å². The van der Waals surface area contributed by atoms with Crippen molar-refractivity contribution in [2.24, 2.45) is 0 Å². The van der Waals surface area contributed by atoms with Crippen molar-refractivity contribution in [3.63, 3.8) is 0 Å². The van der Waals surface area contributed by atoms with Gasteiger partial charge in [-0.1, -0.05) is 23.7 Å². The van der Waals surface area contributed by atoms with Crippen LogP contribution in [0.1, 0.15) is 26.3 Å². The number of carbonyl (C=O) groups excluding carboxylic acids is 1. The van der Waals surface area contributed by atoms with Crippen LogP contribution in [0.15, 0.2) is 36.4 Å². The summed E-state index contributed by atoms with van der Waals surface area (Å²) >= 11 is 5.81. The first-order valence-electron chi connectivity index (χ1n) is 6.98. The summed E-state index contributed by atoms with van der Waals surface area (Å²) in [6, 6.07) is 10.7. The van der Waals surface area contributed by atoms with Crippen molar-refractivity contribution in [1.29, 1.82) is 0 Å². The Kier molecular flexibility index (Phi) is 4.98. The molecule has 0 bridgehead atoms. The van der Waals surface area contributed by atoms with Crippen LogP contribution in [0.25, 0.3) is 0 Å². The van der Waals surface area contributed by atoms with E-state index in [2.05, 4.69) is 20.8 Å². The standard InChI is InChI=1S/C16H19ClN4O/c1-16(2,3)19-14-9-8-13(20-21-14)18-15(22)10-11-4-6-12(17)7-5-11/h4-9H,10H2,1-3H3,(H,19,21)(H,18,20,22). The molecular formula is C16H19ClN4O. The van der Waals surface area contributed by atoms with E-state index >= 15 is 0 Å². The Morgan fingerprint density at radius 3 is 2.18 bits per heavy atom. The average Bonchev–Trinajstić information content (AvgIpc) is 2.42. The molecule has 0 radical (unpaired) electrons. The van der Waals surface area contributed by atoms with Gasteiger partial charge in [0.15, 0.2) is 5.82 Å². The largest absolute Gasteiger partial charge is 0.364 e. The molecule has 1 amide bonds. The molecule has 6 heteroatoms. The molecule has 1 aromatic carbocycles. The van der Waals surface area contributed by atoms with Gasteiger partial charge < -0.3 is 10.6 Å². The summed E-state index contributed by atoms with van der Waals surface area (Å²) in [4.78, 5) is 12.0. The number of hydrogen-bond acceptors (Lipinski definition) is 4. The molecular weight excluding hydrogens is 300 g/mol. The van der Waals surface area contributed by atoms with Crippen molar-refractivity contribution in [3.8, 4) is 0 Å². The fourth-order valence-electron chi connectivity index (χ4n) is 1.82. The Bertz CT molecular complexity index is 633. The summed E-state index contributed by atoms with van der Waals surface area (Å²) in [6.07, 6.45) is 0.265. The van der Waals surface area contributed by atoms with E-state index in [4.69, 9.17) is 11.6 Å². The summed E-state index contributed by atoms with van der Waals surface area (Å²) in [7, 11) is 0. The van der Waals surface area contributed by atoms with Crippen LogP contribution in [0.2, 0.25) is 5.02 Å². The minimum atomic E-state index is -0.145. The minimum absolute atomic E-state index is 0.0893. The quantitative estimate of drug-likeness (QED) is 0.905. The van der Waals surface area contributed by atoms with Crippen LogP contribution in [-0.4, -0.2) is 21.6 Å². The van der Waals surface area contributed by atoms with Crippen molar-refractivity contribution in [3.05, 3.63) is 47.0 Å². The molecule has 0 atom stereocenters. The highest BCUT2D eigenvalue weighted by Crippen LogP contribution is 2.13. The van der Waals surface area contributed by atoms with Crippen LogP contribution in [0.4, 0.5) is 11.6 Å². The molecule has 0 aliphatic rings. The Balaban J connectivity index is 1.93. The van der Waals surface area contributed by atoms with E-state index in [1.165, 1.54) is 0 Å². The van der Waals surface area contributed by atoms with Crippen LogP contribution < -0.4 is 10.6 Å². The second-order valence-electron chi connectivity index (χ2n) is 6.03. The van der Waals surface area contributed by atoms with E-state index in [1.807, 2.05) is 32.9 Å². The number of carbonyl (C=O) groups is 1. The van der Waals surface area contributed by atoms with Gasteiger partial charge in [-0.25, -0.2) is 0 Å². The lowest BCUT2D eigenvalue weighted by Crippen LogP contribution is -2.27. The first kappa shape index (κ1) is 16.2. The van der Waals surface area contributed by atoms with Gasteiger partial charge in [0.05, 0.1) is 6.42 Å². The first-order valence-corrected chi connectivity index (χ1v) is 7.36. The van der Waals surface area contributed by atoms with Gasteiger partial charge >= 0.3 is 0 Å². The van der Waals surface area contributed by atoms with Crippen molar-refractivity contribution >= 4 is 29.1 Å². The molecule has 0 saturated heterocycles. The molecule has 2 rings (SSSR count). The van der Waals surface area contributed by atoms with Crippen LogP contribution in [-0.2, 0) is 11.2 Å². The third-order valence-corrected chi connectivity index (χ3v) is 2.97. The lowest BCUT2D eigenvalue weighted by molar-refractivity contribution is -0.115. The molecule has 5 nitrogen and oxygen atoms in total. The number of hydrogen-bond donors (Lipinski definition) is 2. The minimum Gasteiger partial charge on any atom is -0.364 e. The molecule has 0 fully saturated rings. The van der Waals surface area contributed by atoms with Crippen molar-refractivity contribution in [2.75, 3.05) is 10.6 Å². The van der Waals surface area contributed by atoms with E-state index in [0.717, 1.165) is 5.56 Å². The average molecular weight is 319 g/mol. The second kappa shape index (κ2) is 6.75. The smallest absolute Gasteiger partial charge is 0.229 e. The first-order chi connectivity index (χ1) is 10.3. The van der Waals surface area contributed by atoms with Crippen LogP contribution >= 0.6 is 11.6 Å². The Hall–Kier alpha value is -2.14. The number of anilines is 2. The number of rotatable bonds is 4. The normalized spacial score (nSPS) is 11.1. The van der Waals surface area contributed by atoms with Gasteiger partial charge in [-0.05, 0) is 50.6 Å². The maximum absolute atomic E-state index is 12.0. The zero-order valence-corrected chi connectivity index (χ0v) is 13.6. The third-order valence-electron chi connectivity index (χ3n) is 2.71. The number of benzene rings is 1. The summed E-state index contributed by atoms with van der Waals surface area (Å²) in [6.45, 7) is 6.11. The van der Waals surface area contributed by atoms with Gasteiger partial charge in [-0.3, -0.25) is 4.79 Å². The van der Waals surface area contributed by atoms with E-state index in [1.54, 1.807) is 24.3 Å². The van der Waals surface area contributed by atoms with Gasteiger partial charge in [0.25, 0.3) is 0 Å². The number of halogens is 1. The summed E-state index contributed by atoms with van der Waals surface area (Å²) in [5, 5.41) is 14.6. The van der Waals surface area contributed by atoms with Crippen LogP contribution in [0, 0.1) is 0 Å². The van der Waals surface area contributed by atoms with E-state index in [0.29, 0.717) is 16.7 Å². The van der Waals surface area contributed by atoms with E-state index in [9.17, 15) is 4.79 Å². The fraction of sp³-hybridized carbons (Fsp3) is 0.312. The topological polar surface area (TPSA) is 66.9 Å². The van der Waals surface area contributed by atoms with E-state index in [-0.39, 0.29) is 17.9 Å². The predicted molar refractivity (Wildman–Crippen MR) is 89.2 cm³/mol. The highest BCUT2D eigenvalue weighted by atomic mass is 35.5. The van der Waals surface area contributed by atoms with Gasteiger partial charge in [0.1, 0.15) is 5.82 Å². The molecule has 116 valence electrons. The number of amides is 1. The second-order valence-corrected chi connectivity index (χ2v) is 6.47. The van der Waals surface area contributed by atoms with Gasteiger partial charge in [-0.15, -0.1) is 10.2 Å². The van der Waals surface area contributed by atoms with Crippen molar-refractivity contribution in [1.82, 2.24) is 10.2 Å². The maximum atomic E-state index is 12.0. The molecule has 22 heavy (non-hydrogen) atoms. The highest BCUT2D eigenvalue weighted by molar-refractivity contribution is 6.30. The fourth-order valence-corrected chi connectivity index (χ4v) is 1.95. The molecule has 2 N–H and O–H groups in total. The lowest BCUT2D eigenvalue weighted by Gasteiger charge is -2.20. The number of nitrogens with zero attached hydrogens (tertiary/aromatic N) is 2. The Morgan fingerprint density at radius 2 is 1.64 bits per heavy atom. The van der Waals surface area contributed by atoms with Gasteiger partial charge in [-0.2, -0.15) is 0 Å². The zero-order chi connectivity index (χ0) is 16.2. The third kappa shape index (κ3) is 5.33. The predicted octanol–water partition coefficient (Wildman–Crippen LogP) is 3.52. The van der Waals surface area contributed by atoms with Gasteiger partial charge in [0, 0.05) is 10.6 Å². The lowest BCUT2D eigenvalue weighted by atomic mass is 10.1. The van der Waals surface area contributed by atoms with Crippen LogP contribution in [0.3, 0.4) is 0 Å². The SMILES string of the molecule is CC(C)(C)Nc1ccc(NC(=O)Cc2ccc(Cl)cc2)nn1. The molecule has 0 aliphatic carbocycles. The Morgan fingerprint density at radius 1 is 1.05 bits per heavy atom. The number of aromatic nitrogens is 2. The molecule has 0 saturated carbocycles. The van der Waals surface area contributed by atoms with Gasteiger partial charge in [0.2, 0.25) is 5.91 Å². The van der Waals surface area contributed by atoms with Crippen LogP contribution in [0.5, 0.6) is 0 Å². The molecule has 1 heterocycles. The summed E-state index contributed by atoms with van der Waals surface area (Å²) in [5.41, 5.74) is 0.800. The zero-order valence-electron chi connectivity index (χ0n) is 12.9. The summed E-state index contributed by atoms with van der Waals surface area (Å²) < 4.78 is 0. The molecule has 0 unspecified atom stereocenters. The monoisotopic (exact) mass is 318 g/mol. The maximum Gasteiger partial charge on any atom is 0.229 e. The highest BCUT2D eigenvalue weighted by Gasteiger charge is 2.11. The molecule has 2 aromatic rings. The van der Waals surface area contributed by atoms with E-state index < -0.39 is 0 Å². The summed E-state index contributed by atoms with van der Waals surface area (Å²) in [5.74, 6) is 0.953. The number of nitrogens with one attached hydrogen (secondary N) is 2. The van der Waals surface area contributed by atoms with Crippen molar-refractivity contribution < 1.29 is 4.79 Å². The molecule has 0 aliphatic heterocycles. The Labute approximate surface area is 135 Å².